The van der Waals surface area contributed by atoms with Crippen molar-refractivity contribution in [3.8, 4) is 11.3 Å². The molecule has 0 spiro atoms. The molecule has 0 atom stereocenters. The van der Waals surface area contributed by atoms with Gasteiger partial charge in [0.2, 0.25) is 0 Å². The highest BCUT2D eigenvalue weighted by atomic mass is 79.9. The fourth-order valence-electron chi connectivity index (χ4n) is 3.02. The van der Waals surface area contributed by atoms with Crippen molar-refractivity contribution in [1.82, 2.24) is 9.97 Å². The summed E-state index contributed by atoms with van der Waals surface area (Å²) in [6.45, 7) is 0. The number of fused-ring (bicyclic) bond motifs is 1. The van der Waals surface area contributed by atoms with Gasteiger partial charge in [-0.1, -0.05) is 28.1 Å². The van der Waals surface area contributed by atoms with Crippen LogP contribution in [-0.4, -0.2) is 18.4 Å². The molecule has 2 heterocycles. The van der Waals surface area contributed by atoms with Crippen LogP contribution < -0.4 is 0 Å². The molecule has 0 N–H and O–H groups in total. The van der Waals surface area contributed by atoms with Crippen LogP contribution in [0.25, 0.3) is 22.0 Å². The first-order valence-electron chi connectivity index (χ1n) is 8.52. The zero-order chi connectivity index (χ0) is 21.5. The van der Waals surface area contributed by atoms with Gasteiger partial charge in [0.25, 0.3) is 0 Å². The normalized spacial score (nSPS) is 12.4. The number of nitrogens with zero attached hydrogens (tertiary/aromatic N) is 2. The Morgan fingerprint density at radius 2 is 1.80 bits per heavy atom. The molecule has 4 aromatic rings. The van der Waals surface area contributed by atoms with E-state index >= 15 is 0 Å². The highest BCUT2D eigenvalue weighted by Crippen LogP contribution is 2.37. The van der Waals surface area contributed by atoms with E-state index in [2.05, 4.69) is 25.9 Å². The summed E-state index contributed by atoms with van der Waals surface area (Å²) in [5.74, 6) is -0.196. The van der Waals surface area contributed by atoms with Gasteiger partial charge in [0, 0.05) is 33.2 Å². The van der Waals surface area contributed by atoms with Gasteiger partial charge in [-0.3, -0.25) is 4.98 Å². The van der Waals surface area contributed by atoms with Gasteiger partial charge < -0.3 is 0 Å². The first kappa shape index (κ1) is 21.0. The third-order valence-electron chi connectivity index (χ3n) is 4.44. The highest BCUT2D eigenvalue weighted by molar-refractivity contribution is 9.10. The smallest absolute Gasteiger partial charge is 0.256 e. The minimum atomic E-state index is -4.45. The molecule has 0 aliphatic heterocycles. The molecule has 4 nitrogen and oxygen atoms in total. The van der Waals surface area contributed by atoms with E-state index in [1.807, 2.05) is 0 Å². The summed E-state index contributed by atoms with van der Waals surface area (Å²) < 4.78 is 64.5. The number of rotatable bonds is 4. The number of pyridine rings is 1. The lowest BCUT2D eigenvalue weighted by Crippen LogP contribution is -2.05. The number of thiazole rings is 1. The van der Waals surface area contributed by atoms with E-state index in [4.69, 9.17) is 0 Å². The summed E-state index contributed by atoms with van der Waals surface area (Å²) in [5.41, 5.74) is 0.165. The van der Waals surface area contributed by atoms with Crippen LogP contribution in [0.15, 0.2) is 69.6 Å². The van der Waals surface area contributed by atoms with Crippen molar-refractivity contribution in [1.29, 1.82) is 0 Å². The van der Waals surface area contributed by atoms with E-state index in [1.165, 1.54) is 29.7 Å². The fraction of sp³-hybridized carbons (Fsp3) is 0.100. The second-order valence-corrected chi connectivity index (χ2v) is 10.2. The zero-order valence-corrected chi connectivity index (χ0v) is 18.2. The van der Waals surface area contributed by atoms with Gasteiger partial charge >= 0.3 is 6.18 Å². The molecule has 0 saturated carbocycles. The number of alkyl halides is 3. The highest BCUT2D eigenvalue weighted by Gasteiger charge is 2.31. The van der Waals surface area contributed by atoms with E-state index in [-0.39, 0.29) is 15.1 Å². The van der Waals surface area contributed by atoms with Gasteiger partial charge in [-0.05, 0) is 35.7 Å². The van der Waals surface area contributed by atoms with Crippen LogP contribution in [-0.2, 0) is 21.8 Å². The summed E-state index contributed by atoms with van der Waals surface area (Å²) in [7, 11) is -3.59. The van der Waals surface area contributed by atoms with Gasteiger partial charge in [0.15, 0.2) is 9.84 Å². The predicted octanol–water partition coefficient (Wildman–Crippen LogP) is 6.11. The number of sulfone groups is 1. The molecular weight excluding hydrogens is 501 g/mol. The van der Waals surface area contributed by atoms with Crippen LogP contribution in [0.5, 0.6) is 0 Å². The van der Waals surface area contributed by atoms with Crippen molar-refractivity contribution in [2.45, 2.75) is 16.8 Å². The standard InChI is InChI=1S/C20H12BrF3N2O2S2/c21-17-10-13(20(22,23)24)1-3-16(17)19-15-4-2-14(9-12(15)5-6-26-19)30(27,28)11-18-25-7-8-29-18/h1-10H,11H2. The van der Waals surface area contributed by atoms with Crippen LogP contribution >= 0.6 is 27.3 Å². The molecule has 0 amide bonds. The lowest BCUT2D eigenvalue weighted by atomic mass is 10.0. The van der Waals surface area contributed by atoms with Gasteiger partial charge in [-0.15, -0.1) is 11.3 Å². The Morgan fingerprint density at radius 1 is 1.00 bits per heavy atom. The molecule has 2 aromatic carbocycles. The molecule has 0 bridgehead atoms. The van der Waals surface area contributed by atoms with Crippen LogP contribution in [0.4, 0.5) is 13.2 Å². The summed E-state index contributed by atoms with van der Waals surface area (Å²) in [6.07, 6.45) is -1.40. The van der Waals surface area contributed by atoms with Crippen molar-refractivity contribution >= 4 is 47.9 Å². The van der Waals surface area contributed by atoms with Crippen LogP contribution in [0, 0.1) is 0 Å². The third-order valence-corrected chi connectivity index (χ3v) is 7.69. The average molecular weight is 513 g/mol. The maximum absolute atomic E-state index is 12.9. The Bertz CT molecular complexity index is 1340. The Balaban J connectivity index is 1.77. The first-order valence-corrected chi connectivity index (χ1v) is 11.8. The second-order valence-electron chi connectivity index (χ2n) is 6.42. The van der Waals surface area contributed by atoms with E-state index in [0.29, 0.717) is 27.0 Å². The quantitative estimate of drug-likeness (QED) is 0.330. The first-order chi connectivity index (χ1) is 14.1. The van der Waals surface area contributed by atoms with Crippen LogP contribution in [0.2, 0.25) is 0 Å². The Morgan fingerprint density at radius 3 is 2.47 bits per heavy atom. The third kappa shape index (κ3) is 4.12. The Kier molecular flexibility index (Phi) is 5.41. The molecule has 0 saturated heterocycles. The largest absolute Gasteiger partial charge is 0.416 e. The molecule has 154 valence electrons. The number of hydrogen-bond donors (Lipinski definition) is 0. The van der Waals surface area contributed by atoms with Crippen LogP contribution in [0.1, 0.15) is 10.6 Å². The molecule has 10 heteroatoms. The average Bonchev–Trinajstić information content (AvgIpc) is 3.18. The summed E-state index contributed by atoms with van der Waals surface area (Å²) in [6, 6.07) is 9.66. The molecule has 0 unspecified atom stereocenters. The molecule has 0 aliphatic carbocycles. The van der Waals surface area contributed by atoms with Crippen molar-refractivity contribution in [2.24, 2.45) is 0 Å². The van der Waals surface area contributed by atoms with Gasteiger partial charge in [0.1, 0.15) is 10.8 Å². The molecule has 2 aromatic heterocycles. The van der Waals surface area contributed by atoms with E-state index in [0.717, 1.165) is 12.1 Å². The number of hydrogen-bond acceptors (Lipinski definition) is 5. The summed E-state index contributed by atoms with van der Waals surface area (Å²) in [5, 5.41) is 3.46. The fourth-order valence-corrected chi connectivity index (χ4v) is 5.87. The number of benzene rings is 2. The predicted molar refractivity (Wildman–Crippen MR) is 113 cm³/mol. The van der Waals surface area contributed by atoms with Crippen molar-refractivity contribution in [3.63, 3.8) is 0 Å². The van der Waals surface area contributed by atoms with E-state index in [9.17, 15) is 21.6 Å². The maximum Gasteiger partial charge on any atom is 0.416 e. The Labute approximate surface area is 182 Å². The number of aromatic nitrogens is 2. The molecule has 0 aliphatic rings. The van der Waals surface area contributed by atoms with Gasteiger partial charge in [-0.2, -0.15) is 13.2 Å². The number of halogens is 4. The van der Waals surface area contributed by atoms with E-state index < -0.39 is 21.6 Å². The maximum atomic E-state index is 12.9. The minimum absolute atomic E-state index is 0.147. The van der Waals surface area contributed by atoms with Crippen LogP contribution in [0.3, 0.4) is 0 Å². The SMILES string of the molecule is O=S(=O)(Cc1nccs1)c1ccc2c(-c3ccc(C(F)(F)F)cc3Br)nccc2c1. The lowest BCUT2D eigenvalue weighted by Gasteiger charge is -2.12. The summed E-state index contributed by atoms with van der Waals surface area (Å²) >= 11 is 4.47. The molecule has 30 heavy (non-hydrogen) atoms. The van der Waals surface area contributed by atoms with E-state index in [1.54, 1.807) is 29.8 Å². The van der Waals surface area contributed by atoms with Crippen molar-refractivity contribution < 1.29 is 21.6 Å². The summed E-state index contributed by atoms with van der Waals surface area (Å²) in [4.78, 5) is 8.48. The topological polar surface area (TPSA) is 59.9 Å². The monoisotopic (exact) mass is 512 g/mol. The molecule has 0 fully saturated rings. The molecule has 4 rings (SSSR count). The van der Waals surface area contributed by atoms with Crippen molar-refractivity contribution in [2.75, 3.05) is 0 Å². The second kappa shape index (κ2) is 7.75. The zero-order valence-electron chi connectivity index (χ0n) is 15.0. The lowest BCUT2D eigenvalue weighted by molar-refractivity contribution is -0.137. The molecular formula is C20H12BrF3N2O2S2. The van der Waals surface area contributed by atoms with Crippen molar-refractivity contribution in [3.05, 3.63) is 75.3 Å². The molecule has 0 radical (unpaired) electrons. The Hall–Kier alpha value is -2.30. The van der Waals surface area contributed by atoms with Gasteiger partial charge in [0.05, 0.1) is 16.2 Å². The van der Waals surface area contributed by atoms with Gasteiger partial charge in [-0.25, -0.2) is 13.4 Å². The minimum Gasteiger partial charge on any atom is -0.256 e.